The molecule has 7 heteroatoms. The predicted molar refractivity (Wildman–Crippen MR) is 45.5 cm³/mol. The van der Waals surface area contributed by atoms with E-state index in [0.29, 0.717) is 5.56 Å². The Labute approximate surface area is 82.8 Å². The van der Waals surface area contributed by atoms with Crippen LogP contribution in [0.5, 0.6) is 11.5 Å². The summed E-state index contributed by atoms with van der Waals surface area (Å²) in [7, 11) is 0. The van der Waals surface area contributed by atoms with Gasteiger partial charge in [0.15, 0.2) is 11.5 Å². The Bertz CT molecular complexity index is 444. The molecule has 78 valence electrons. The van der Waals surface area contributed by atoms with Crippen LogP contribution in [0.3, 0.4) is 0 Å². The standard InChI is InChI=1S/C8H5F2N3O2/c9-8(10)14-6-3-1-2-5(4-12-13-11)7(6)15-8/h1-3H,4H2. The molecule has 1 aliphatic rings. The zero-order valence-corrected chi connectivity index (χ0v) is 7.35. The number of fused-ring (bicyclic) bond motifs is 1. The number of ether oxygens (including phenoxy) is 2. The quantitative estimate of drug-likeness (QED) is 0.430. The number of para-hydroxylation sites is 1. The van der Waals surface area contributed by atoms with E-state index in [1.54, 1.807) is 0 Å². The highest BCUT2D eigenvalue weighted by atomic mass is 19.3. The minimum Gasteiger partial charge on any atom is -0.395 e. The zero-order valence-electron chi connectivity index (χ0n) is 7.35. The predicted octanol–water partition coefficient (Wildman–Crippen LogP) is 2.82. The highest BCUT2D eigenvalue weighted by molar-refractivity contribution is 5.48. The molecule has 5 nitrogen and oxygen atoms in total. The van der Waals surface area contributed by atoms with Crippen molar-refractivity contribution < 1.29 is 18.3 Å². The summed E-state index contributed by atoms with van der Waals surface area (Å²) in [6, 6.07) is 4.40. The van der Waals surface area contributed by atoms with Crippen LogP contribution in [-0.2, 0) is 6.54 Å². The van der Waals surface area contributed by atoms with Crippen LogP contribution in [0.4, 0.5) is 8.78 Å². The van der Waals surface area contributed by atoms with E-state index in [1.165, 1.54) is 18.2 Å². The Balaban J connectivity index is 2.37. The number of rotatable bonds is 2. The molecule has 1 heterocycles. The molecule has 0 amide bonds. The van der Waals surface area contributed by atoms with E-state index in [9.17, 15) is 8.78 Å². The molecule has 0 bridgehead atoms. The molecule has 2 rings (SSSR count). The molecule has 0 saturated heterocycles. The van der Waals surface area contributed by atoms with E-state index in [1.807, 2.05) is 0 Å². The molecule has 0 saturated carbocycles. The molecule has 0 radical (unpaired) electrons. The summed E-state index contributed by atoms with van der Waals surface area (Å²) in [5.74, 6) is -0.125. The lowest BCUT2D eigenvalue weighted by atomic mass is 10.2. The van der Waals surface area contributed by atoms with Gasteiger partial charge >= 0.3 is 6.29 Å². The largest absolute Gasteiger partial charge is 0.586 e. The lowest BCUT2D eigenvalue weighted by Gasteiger charge is -2.05. The van der Waals surface area contributed by atoms with Crippen LogP contribution in [0, 0.1) is 0 Å². The number of hydrogen-bond acceptors (Lipinski definition) is 3. The van der Waals surface area contributed by atoms with Gasteiger partial charge in [0.2, 0.25) is 0 Å². The summed E-state index contributed by atoms with van der Waals surface area (Å²) in [6.45, 7) is -0.0564. The maximum Gasteiger partial charge on any atom is 0.586 e. The van der Waals surface area contributed by atoms with Crippen LogP contribution < -0.4 is 9.47 Å². The van der Waals surface area contributed by atoms with Crippen molar-refractivity contribution in [2.45, 2.75) is 12.8 Å². The number of alkyl halides is 2. The van der Waals surface area contributed by atoms with Crippen molar-refractivity contribution in [3.8, 4) is 11.5 Å². The van der Waals surface area contributed by atoms with Crippen molar-refractivity contribution >= 4 is 0 Å². The van der Waals surface area contributed by atoms with E-state index in [-0.39, 0.29) is 18.0 Å². The fraction of sp³-hybridized carbons (Fsp3) is 0.250. The average Bonchev–Trinajstić information content (AvgIpc) is 2.49. The highest BCUT2D eigenvalue weighted by Crippen LogP contribution is 2.43. The Hall–Kier alpha value is -2.01. The van der Waals surface area contributed by atoms with Gasteiger partial charge in [-0.15, -0.1) is 8.78 Å². The average molecular weight is 213 g/mol. The van der Waals surface area contributed by atoms with E-state index in [4.69, 9.17) is 5.53 Å². The molecule has 0 aromatic heterocycles. The second kappa shape index (κ2) is 3.29. The zero-order chi connectivity index (χ0) is 10.9. The third-order valence-corrected chi connectivity index (χ3v) is 1.81. The minimum absolute atomic E-state index is 0.0503. The third-order valence-electron chi connectivity index (χ3n) is 1.81. The topological polar surface area (TPSA) is 67.2 Å². The van der Waals surface area contributed by atoms with Crippen LogP contribution in [-0.4, -0.2) is 6.29 Å². The first-order valence-corrected chi connectivity index (χ1v) is 4.01. The Morgan fingerprint density at radius 2 is 2.20 bits per heavy atom. The fourth-order valence-corrected chi connectivity index (χ4v) is 1.26. The molecule has 0 aliphatic carbocycles. The van der Waals surface area contributed by atoms with Gasteiger partial charge in [0.1, 0.15) is 0 Å². The first-order chi connectivity index (χ1) is 7.12. The van der Waals surface area contributed by atoms with Gasteiger partial charge in [-0.3, -0.25) is 0 Å². The SMILES string of the molecule is [N-]=[N+]=NCc1cccc2c1OC(F)(F)O2. The maximum atomic E-state index is 12.7. The number of halogens is 2. The molecule has 0 fully saturated rings. The lowest BCUT2D eigenvalue weighted by Crippen LogP contribution is -2.26. The second-order valence-corrected chi connectivity index (χ2v) is 2.80. The second-order valence-electron chi connectivity index (χ2n) is 2.80. The van der Waals surface area contributed by atoms with E-state index in [0.717, 1.165) is 0 Å². The molecule has 1 aliphatic heterocycles. The van der Waals surface area contributed by atoms with Crippen LogP contribution in [0.15, 0.2) is 23.3 Å². The molecule has 0 atom stereocenters. The summed E-state index contributed by atoms with van der Waals surface area (Å²) < 4.78 is 33.9. The Morgan fingerprint density at radius 3 is 2.93 bits per heavy atom. The third kappa shape index (κ3) is 1.77. The van der Waals surface area contributed by atoms with Gasteiger partial charge in [0.05, 0.1) is 6.54 Å². The van der Waals surface area contributed by atoms with Gasteiger partial charge in [-0.1, -0.05) is 17.2 Å². The van der Waals surface area contributed by atoms with Gasteiger partial charge < -0.3 is 9.47 Å². The molecule has 0 unspecified atom stereocenters. The molecular formula is C8H5F2N3O2. The van der Waals surface area contributed by atoms with Gasteiger partial charge in [0, 0.05) is 10.5 Å². The number of hydrogen-bond donors (Lipinski definition) is 0. The summed E-state index contributed by atoms with van der Waals surface area (Å²) >= 11 is 0. The lowest BCUT2D eigenvalue weighted by molar-refractivity contribution is -0.286. The Kier molecular flexibility index (Phi) is 2.09. The van der Waals surface area contributed by atoms with Gasteiger partial charge in [-0.05, 0) is 11.6 Å². The van der Waals surface area contributed by atoms with Crippen LogP contribution in [0.1, 0.15) is 5.56 Å². The summed E-state index contributed by atoms with van der Waals surface area (Å²) in [5.41, 5.74) is 8.48. The van der Waals surface area contributed by atoms with Crippen LogP contribution >= 0.6 is 0 Å². The van der Waals surface area contributed by atoms with Gasteiger partial charge in [-0.25, -0.2) is 0 Å². The Morgan fingerprint density at radius 1 is 1.40 bits per heavy atom. The van der Waals surface area contributed by atoms with Crippen molar-refractivity contribution in [2.75, 3.05) is 0 Å². The van der Waals surface area contributed by atoms with Crippen LogP contribution in [0.2, 0.25) is 0 Å². The smallest absolute Gasteiger partial charge is 0.395 e. The van der Waals surface area contributed by atoms with E-state index < -0.39 is 6.29 Å². The van der Waals surface area contributed by atoms with Gasteiger partial charge in [-0.2, -0.15) is 0 Å². The van der Waals surface area contributed by atoms with E-state index in [2.05, 4.69) is 19.5 Å². The number of nitrogens with zero attached hydrogens (tertiary/aromatic N) is 3. The molecule has 0 spiro atoms. The number of benzene rings is 1. The van der Waals surface area contributed by atoms with E-state index >= 15 is 0 Å². The maximum absolute atomic E-state index is 12.7. The molecule has 0 N–H and O–H groups in total. The van der Waals surface area contributed by atoms with Crippen molar-refractivity contribution in [1.82, 2.24) is 0 Å². The number of azide groups is 1. The van der Waals surface area contributed by atoms with Crippen molar-refractivity contribution in [3.05, 3.63) is 34.2 Å². The van der Waals surface area contributed by atoms with Crippen molar-refractivity contribution in [3.63, 3.8) is 0 Å². The van der Waals surface area contributed by atoms with Gasteiger partial charge in [0.25, 0.3) is 0 Å². The molecule has 1 aromatic carbocycles. The summed E-state index contributed by atoms with van der Waals surface area (Å²) in [4.78, 5) is 2.53. The minimum atomic E-state index is -3.64. The first-order valence-electron chi connectivity index (χ1n) is 4.01. The summed E-state index contributed by atoms with van der Waals surface area (Å²) in [6.07, 6.45) is -3.64. The monoisotopic (exact) mass is 213 g/mol. The van der Waals surface area contributed by atoms with Crippen molar-refractivity contribution in [1.29, 1.82) is 0 Å². The van der Waals surface area contributed by atoms with Crippen LogP contribution in [0.25, 0.3) is 10.4 Å². The highest BCUT2D eigenvalue weighted by Gasteiger charge is 2.44. The summed E-state index contributed by atoms with van der Waals surface area (Å²) in [5, 5.41) is 3.27. The first kappa shape index (κ1) is 9.54. The van der Waals surface area contributed by atoms with Crippen molar-refractivity contribution in [2.24, 2.45) is 5.11 Å². The molecular weight excluding hydrogens is 208 g/mol. The molecule has 15 heavy (non-hydrogen) atoms. The molecule has 1 aromatic rings. The normalized spacial score (nSPS) is 15.9. The fourth-order valence-electron chi connectivity index (χ4n) is 1.26.